The van der Waals surface area contributed by atoms with Gasteiger partial charge in [-0.1, -0.05) is 60.7 Å². The van der Waals surface area contributed by atoms with Gasteiger partial charge in [0.1, 0.15) is 5.70 Å². The summed E-state index contributed by atoms with van der Waals surface area (Å²) in [6.45, 7) is 4.32. The van der Waals surface area contributed by atoms with Crippen molar-refractivity contribution in [2.75, 3.05) is 0 Å². The molecule has 1 N–H and O–H groups in total. The average Bonchev–Trinajstić information content (AvgIpc) is 3.23. The molecule has 0 radical (unpaired) electrons. The Labute approximate surface area is 186 Å². The van der Waals surface area contributed by atoms with E-state index in [1.165, 1.54) is 15.7 Å². The van der Waals surface area contributed by atoms with E-state index in [0.29, 0.717) is 5.70 Å². The van der Waals surface area contributed by atoms with Crippen molar-refractivity contribution >= 4 is 28.8 Å². The first-order chi connectivity index (χ1) is 15.5. The van der Waals surface area contributed by atoms with E-state index in [1.54, 1.807) is 6.08 Å². The van der Waals surface area contributed by atoms with E-state index in [1.807, 2.05) is 62.4 Å². The number of imide groups is 1. The van der Waals surface area contributed by atoms with Gasteiger partial charge in [0, 0.05) is 17.1 Å². The van der Waals surface area contributed by atoms with Crippen molar-refractivity contribution in [3.63, 3.8) is 0 Å². The van der Waals surface area contributed by atoms with Crippen LogP contribution in [0.5, 0.6) is 0 Å². The van der Waals surface area contributed by atoms with Crippen molar-refractivity contribution in [1.29, 1.82) is 0 Å². The first kappa shape index (κ1) is 19.8. The van der Waals surface area contributed by atoms with Gasteiger partial charge in [-0.2, -0.15) is 0 Å². The minimum Gasteiger partial charge on any atom is -0.318 e. The summed E-state index contributed by atoms with van der Waals surface area (Å²) in [5.74, 6) is -0.311. The van der Waals surface area contributed by atoms with Crippen LogP contribution in [-0.2, 0) is 11.3 Å². The molecule has 0 atom stereocenters. The number of aryl methyl sites for hydroxylation is 1. The number of aromatic nitrogens is 1. The predicted molar refractivity (Wildman–Crippen MR) is 126 cm³/mol. The van der Waals surface area contributed by atoms with Gasteiger partial charge < -0.3 is 9.88 Å². The van der Waals surface area contributed by atoms with Crippen molar-refractivity contribution in [2.45, 2.75) is 20.4 Å². The molecule has 5 nitrogen and oxygen atoms in total. The first-order valence-electron chi connectivity index (χ1n) is 10.6. The highest BCUT2D eigenvalue weighted by Crippen LogP contribution is 2.26. The minimum absolute atomic E-state index is 0.249. The lowest BCUT2D eigenvalue weighted by atomic mass is 10.1. The molecule has 1 aromatic heterocycles. The van der Waals surface area contributed by atoms with Crippen LogP contribution in [0, 0.1) is 13.8 Å². The number of urea groups is 1. The van der Waals surface area contributed by atoms with Crippen LogP contribution in [0.2, 0.25) is 0 Å². The lowest BCUT2D eigenvalue weighted by molar-refractivity contribution is -0.123. The SMILES string of the molecule is Cc1cc(/C=C2\NC(=O)N(Cc3ccccc3)C2=O)c(C)n1-c1ccc2ccccc2c1. The van der Waals surface area contributed by atoms with Crippen LogP contribution in [0.15, 0.2) is 84.6 Å². The van der Waals surface area contributed by atoms with Gasteiger partial charge in [-0.15, -0.1) is 0 Å². The maximum absolute atomic E-state index is 12.9. The summed E-state index contributed by atoms with van der Waals surface area (Å²) in [5, 5.41) is 5.10. The second-order valence-corrected chi connectivity index (χ2v) is 8.06. The number of amides is 3. The zero-order valence-electron chi connectivity index (χ0n) is 18.0. The molecule has 1 aliphatic rings. The highest BCUT2D eigenvalue weighted by Gasteiger charge is 2.33. The number of benzene rings is 3. The van der Waals surface area contributed by atoms with Crippen LogP contribution in [0.25, 0.3) is 22.5 Å². The quantitative estimate of drug-likeness (QED) is 0.357. The number of carbonyl (C=O) groups is 2. The van der Waals surface area contributed by atoms with Gasteiger partial charge in [-0.05, 0) is 60.0 Å². The van der Waals surface area contributed by atoms with Gasteiger partial charge in [-0.3, -0.25) is 9.69 Å². The van der Waals surface area contributed by atoms with Gasteiger partial charge in [0.05, 0.1) is 6.54 Å². The third-order valence-electron chi connectivity index (χ3n) is 5.91. The van der Waals surface area contributed by atoms with E-state index in [9.17, 15) is 9.59 Å². The van der Waals surface area contributed by atoms with E-state index >= 15 is 0 Å². The second-order valence-electron chi connectivity index (χ2n) is 8.06. The summed E-state index contributed by atoms with van der Waals surface area (Å²) in [6.07, 6.45) is 1.77. The Bertz CT molecular complexity index is 1380. The Morgan fingerprint density at radius 2 is 1.56 bits per heavy atom. The van der Waals surface area contributed by atoms with Gasteiger partial charge in [0.25, 0.3) is 5.91 Å². The molecule has 4 aromatic rings. The molecule has 158 valence electrons. The number of fused-ring (bicyclic) bond motifs is 1. The fraction of sp³-hybridized carbons (Fsp3) is 0.111. The Kier molecular flexibility index (Phi) is 4.86. The molecule has 5 heteroatoms. The second kappa shape index (κ2) is 7.85. The van der Waals surface area contributed by atoms with E-state index in [0.717, 1.165) is 28.2 Å². The monoisotopic (exact) mass is 421 g/mol. The number of rotatable bonds is 4. The molecule has 1 aliphatic heterocycles. The van der Waals surface area contributed by atoms with Gasteiger partial charge in [-0.25, -0.2) is 4.79 Å². The number of hydrogen-bond donors (Lipinski definition) is 1. The van der Waals surface area contributed by atoms with Gasteiger partial charge in [0.15, 0.2) is 0 Å². The lowest BCUT2D eigenvalue weighted by Crippen LogP contribution is -2.30. The maximum Gasteiger partial charge on any atom is 0.329 e. The van der Waals surface area contributed by atoms with Crippen molar-refractivity contribution in [2.24, 2.45) is 0 Å². The summed E-state index contributed by atoms with van der Waals surface area (Å²) in [6, 6.07) is 25.8. The number of hydrogen-bond acceptors (Lipinski definition) is 2. The summed E-state index contributed by atoms with van der Waals surface area (Å²) >= 11 is 0. The molecule has 5 rings (SSSR count). The number of nitrogens with one attached hydrogen (secondary N) is 1. The largest absolute Gasteiger partial charge is 0.329 e. The van der Waals surface area contributed by atoms with Crippen molar-refractivity contribution in [3.05, 3.63) is 107 Å². The molecule has 0 unspecified atom stereocenters. The van der Waals surface area contributed by atoms with Crippen molar-refractivity contribution < 1.29 is 9.59 Å². The number of carbonyl (C=O) groups excluding carboxylic acids is 2. The van der Waals surface area contributed by atoms with Crippen molar-refractivity contribution in [3.8, 4) is 5.69 Å². The zero-order chi connectivity index (χ0) is 22.2. The third kappa shape index (κ3) is 3.48. The van der Waals surface area contributed by atoms with Crippen LogP contribution in [0.3, 0.4) is 0 Å². The molecular formula is C27H23N3O2. The molecule has 0 saturated carbocycles. The molecule has 32 heavy (non-hydrogen) atoms. The molecule has 3 aromatic carbocycles. The van der Waals surface area contributed by atoms with Crippen LogP contribution in [-0.4, -0.2) is 21.4 Å². The molecule has 2 heterocycles. The van der Waals surface area contributed by atoms with E-state index in [2.05, 4.69) is 40.2 Å². The standard InChI is InChI=1S/C27H23N3O2/c1-18-14-23(19(2)30(18)24-13-12-21-10-6-7-11-22(21)15-24)16-25-26(31)29(27(32)28-25)17-20-8-4-3-5-9-20/h3-16H,17H2,1-2H3,(H,28,32)/b25-16-. The highest BCUT2D eigenvalue weighted by molar-refractivity contribution is 6.14. The molecule has 1 saturated heterocycles. The summed E-state index contributed by atoms with van der Waals surface area (Å²) in [7, 11) is 0. The average molecular weight is 422 g/mol. The summed E-state index contributed by atoms with van der Waals surface area (Å²) in [5.41, 5.74) is 5.24. The Balaban J connectivity index is 1.47. The van der Waals surface area contributed by atoms with E-state index < -0.39 is 6.03 Å². The first-order valence-corrected chi connectivity index (χ1v) is 10.6. The molecule has 0 aliphatic carbocycles. The molecule has 1 fully saturated rings. The van der Waals surface area contributed by atoms with Gasteiger partial charge in [0.2, 0.25) is 0 Å². The van der Waals surface area contributed by atoms with Gasteiger partial charge >= 0.3 is 6.03 Å². The fourth-order valence-electron chi connectivity index (χ4n) is 4.28. The lowest BCUT2D eigenvalue weighted by Gasteiger charge is -2.11. The van der Waals surface area contributed by atoms with Crippen LogP contribution in [0.1, 0.15) is 22.5 Å². The van der Waals surface area contributed by atoms with Crippen LogP contribution >= 0.6 is 0 Å². The Hall–Kier alpha value is -4.12. The van der Waals surface area contributed by atoms with Crippen LogP contribution < -0.4 is 5.32 Å². The van der Waals surface area contributed by atoms with Crippen molar-refractivity contribution in [1.82, 2.24) is 14.8 Å². The topological polar surface area (TPSA) is 54.3 Å². The Morgan fingerprint density at radius 3 is 2.34 bits per heavy atom. The maximum atomic E-state index is 12.9. The predicted octanol–water partition coefficient (Wildman–Crippen LogP) is 5.34. The molecular weight excluding hydrogens is 398 g/mol. The minimum atomic E-state index is -0.395. The third-order valence-corrected chi connectivity index (χ3v) is 5.91. The Morgan fingerprint density at radius 1 is 0.844 bits per heavy atom. The summed E-state index contributed by atoms with van der Waals surface area (Å²) < 4.78 is 2.17. The highest BCUT2D eigenvalue weighted by atomic mass is 16.2. The fourth-order valence-corrected chi connectivity index (χ4v) is 4.28. The molecule has 3 amide bonds. The normalized spacial score (nSPS) is 15.1. The number of nitrogens with zero attached hydrogens (tertiary/aromatic N) is 2. The zero-order valence-corrected chi connectivity index (χ0v) is 18.0. The van der Waals surface area contributed by atoms with Crippen LogP contribution in [0.4, 0.5) is 4.79 Å². The van der Waals surface area contributed by atoms with E-state index in [4.69, 9.17) is 0 Å². The smallest absolute Gasteiger partial charge is 0.318 e. The molecule has 0 bridgehead atoms. The van der Waals surface area contributed by atoms with E-state index in [-0.39, 0.29) is 12.5 Å². The summed E-state index contributed by atoms with van der Waals surface area (Å²) in [4.78, 5) is 26.6. The molecule has 0 spiro atoms.